The molecule has 0 aliphatic carbocycles. The fourth-order valence-corrected chi connectivity index (χ4v) is 3.47. The van der Waals surface area contributed by atoms with Gasteiger partial charge in [0, 0.05) is 44.3 Å². The molecule has 24 heavy (non-hydrogen) atoms. The van der Waals surface area contributed by atoms with Crippen LogP contribution >= 0.6 is 0 Å². The van der Waals surface area contributed by atoms with Crippen molar-refractivity contribution in [3.63, 3.8) is 0 Å². The fraction of sp³-hybridized carbons (Fsp3) is 0.588. The van der Waals surface area contributed by atoms with Gasteiger partial charge in [-0.2, -0.15) is 4.31 Å². The van der Waals surface area contributed by atoms with Gasteiger partial charge in [-0.15, -0.1) is 0 Å². The average molecular weight is 353 g/mol. The Bertz CT molecular complexity index is 650. The SMILES string of the molecule is CCC(C)NC(=O)c1ccc(CN2CCN(S(C)(=O)=O)CC2)cc1. The van der Waals surface area contributed by atoms with Gasteiger partial charge in [-0.05, 0) is 31.0 Å². The molecule has 1 amide bonds. The predicted molar refractivity (Wildman–Crippen MR) is 95.4 cm³/mol. The van der Waals surface area contributed by atoms with Crippen LogP contribution in [0.3, 0.4) is 0 Å². The molecule has 1 aliphatic heterocycles. The van der Waals surface area contributed by atoms with E-state index in [1.54, 1.807) is 0 Å². The number of piperazine rings is 1. The van der Waals surface area contributed by atoms with Crippen molar-refractivity contribution < 1.29 is 13.2 Å². The molecule has 1 heterocycles. The zero-order valence-electron chi connectivity index (χ0n) is 14.7. The summed E-state index contributed by atoms with van der Waals surface area (Å²) in [6.45, 7) is 7.32. The Hall–Kier alpha value is -1.44. The summed E-state index contributed by atoms with van der Waals surface area (Å²) in [5.74, 6) is -0.0438. The van der Waals surface area contributed by atoms with Gasteiger partial charge in [0.15, 0.2) is 0 Å². The molecule has 6 nitrogen and oxygen atoms in total. The van der Waals surface area contributed by atoms with Crippen molar-refractivity contribution in [2.45, 2.75) is 32.9 Å². The zero-order valence-corrected chi connectivity index (χ0v) is 15.5. The molecule has 0 spiro atoms. The molecule has 0 aromatic heterocycles. The van der Waals surface area contributed by atoms with E-state index in [1.807, 2.05) is 38.1 Å². The molecular weight excluding hydrogens is 326 g/mol. The second kappa shape index (κ2) is 8.09. The van der Waals surface area contributed by atoms with E-state index in [0.29, 0.717) is 18.7 Å². The van der Waals surface area contributed by atoms with Crippen molar-refractivity contribution in [2.24, 2.45) is 0 Å². The van der Waals surface area contributed by atoms with Gasteiger partial charge in [-0.3, -0.25) is 9.69 Å². The maximum atomic E-state index is 12.1. The van der Waals surface area contributed by atoms with E-state index >= 15 is 0 Å². The molecule has 1 unspecified atom stereocenters. The normalized spacial score (nSPS) is 18.3. The molecule has 0 radical (unpaired) electrons. The van der Waals surface area contributed by atoms with Gasteiger partial charge < -0.3 is 5.32 Å². The maximum Gasteiger partial charge on any atom is 0.251 e. The summed E-state index contributed by atoms with van der Waals surface area (Å²) in [6, 6.07) is 7.80. The largest absolute Gasteiger partial charge is 0.350 e. The number of carbonyl (C=O) groups is 1. The summed E-state index contributed by atoms with van der Waals surface area (Å²) in [7, 11) is -3.09. The average Bonchev–Trinajstić information content (AvgIpc) is 2.55. The van der Waals surface area contributed by atoms with Gasteiger partial charge in [0.2, 0.25) is 10.0 Å². The quantitative estimate of drug-likeness (QED) is 0.837. The summed E-state index contributed by atoms with van der Waals surface area (Å²) in [5.41, 5.74) is 1.80. The van der Waals surface area contributed by atoms with Crippen molar-refractivity contribution in [2.75, 3.05) is 32.4 Å². The molecule has 1 saturated heterocycles. The number of sulfonamides is 1. The maximum absolute atomic E-state index is 12.1. The van der Waals surface area contributed by atoms with Crippen LogP contribution in [-0.4, -0.2) is 62.0 Å². The van der Waals surface area contributed by atoms with Crippen molar-refractivity contribution >= 4 is 15.9 Å². The highest BCUT2D eigenvalue weighted by Crippen LogP contribution is 2.12. The van der Waals surface area contributed by atoms with Crippen LogP contribution in [-0.2, 0) is 16.6 Å². The van der Waals surface area contributed by atoms with Crippen LogP contribution in [0.4, 0.5) is 0 Å². The summed E-state index contributed by atoms with van der Waals surface area (Å²) < 4.78 is 24.6. The van der Waals surface area contributed by atoms with E-state index in [2.05, 4.69) is 10.2 Å². The molecule has 0 bridgehead atoms. The van der Waals surface area contributed by atoms with Crippen LogP contribution < -0.4 is 5.32 Å². The number of rotatable bonds is 6. The molecule has 1 aliphatic rings. The van der Waals surface area contributed by atoms with E-state index in [-0.39, 0.29) is 11.9 Å². The number of amides is 1. The third-order valence-electron chi connectivity index (χ3n) is 4.41. The number of nitrogens with zero attached hydrogens (tertiary/aromatic N) is 2. The molecule has 0 saturated carbocycles. The highest BCUT2D eigenvalue weighted by atomic mass is 32.2. The summed E-state index contributed by atoms with van der Waals surface area (Å²) >= 11 is 0. The molecule has 134 valence electrons. The fourth-order valence-electron chi connectivity index (χ4n) is 2.65. The molecule has 7 heteroatoms. The predicted octanol–water partition coefficient (Wildman–Crippen LogP) is 1.29. The van der Waals surface area contributed by atoms with Gasteiger partial charge >= 0.3 is 0 Å². The Morgan fingerprint density at radius 2 is 1.75 bits per heavy atom. The highest BCUT2D eigenvalue weighted by molar-refractivity contribution is 7.88. The van der Waals surface area contributed by atoms with Gasteiger partial charge in [-0.1, -0.05) is 19.1 Å². The summed E-state index contributed by atoms with van der Waals surface area (Å²) in [6.07, 6.45) is 2.16. The smallest absolute Gasteiger partial charge is 0.251 e. The number of benzene rings is 1. The Labute approximate surface area is 144 Å². The standard InChI is InChI=1S/C17H27N3O3S/c1-4-14(2)18-17(21)16-7-5-15(6-8-16)13-19-9-11-20(12-10-19)24(3,22)23/h5-8,14H,4,9-13H2,1-3H3,(H,18,21). The molecule has 1 aromatic carbocycles. The first kappa shape index (κ1) is 18.9. The minimum Gasteiger partial charge on any atom is -0.350 e. The summed E-state index contributed by atoms with van der Waals surface area (Å²) in [4.78, 5) is 14.3. The first-order chi connectivity index (χ1) is 11.3. The van der Waals surface area contributed by atoms with Crippen LogP contribution in [0.25, 0.3) is 0 Å². The number of hydrogen-bond acceptors (Lipinski definition) is 4. The Morgan fingerprint density at radius 3 is 2.25 bits per heavy atom. The summed E-state index contributed by atoms with van der Waals surface area (Å²) in [5, 5.41) is 2.95. The third kappa shape index (κ3) is 5.29. The first-order valence-corrected chi connectivity index (χ1v) is 10.2. The van der Waals surface area contributed by atoms with Gasteiger partial charge in [0.25, 0.3) is 5.91 Å². The molecule has 1 aromatic rings. The first-order valence-electron chi connectivity index (χ1n) is 8.37. The molecular formula is C17H27N3O3S. The van der Waals surface area contributed by atoms with E-state index in [4.69, 9.17) is 0 Å². The van der Waals surface area contributed by atoms with Crippen molar-refractivity contribution in [1.29, 1.82) is 0 Å². The lowest BCUT2D eigenvalue weighted by Crippen LogP contribution is -2.47. The van der Waals surface area contributed by atoms with Crippen molar-refractivity contribution in [3.8, 4) is 0 Å². The molecule has 1 atom stereocenters. The van der Waals surface area contributed by atoms with E-state index in [0.717, 1.165) is 31.6 Å². The van der Waals surface area contributed by atoms with E-state index in [1.165, 1.54) is 10.6 Å². The Kier molecular flexibility index (Phi) is 6.37. The monoisotopic (exact) mass is 353 g/mol. The number of carbonyl (C=O) groups excluding carboxylic acids is 1. The van der Waals surface area contributed by atoms with Crippen LogP contribution in [0, 0.1) is 0 Å². The lowest BCUT2D eigenvalue weighted by Gasteiger charge is -2.33. The van der Waals surface area contributed by atoms with Gasteiger partial charge in [0.05, 0.1) is 6.26 Å². The van der Waals surface area contributed by atoms with Gasteiger partial charge in [-0.25, -0.2) is 8.42 Å². The van der Waals surface area contributed by atoms with Crippen LogP contribution in [0.5, 0.6) is 0 Å². The Morgan fingerprint density at radius 1 is 1.17 bits per heavy atom. The second-order valence-electron chi connectivity index (χ2n) is 6.42. The molecule has 2 rings (SSSR count). The topological polar surface area (TPSA) is 69.7 Å². The van der Waals surface area contributed by atoms with Crippen molar-refractivity contribution in [1.82, 2.24) is 14.5 Å². The van der Waals surface area contributed by atoms with Gasteiger partial charge in [0.1, 0.15) is 0 Å². The highest BCUT2D eigenvalue weighted by Gasteiger charge is 2.23. The zero-order chi connectivity index (χ0) is 17.7. The molecule has 1 N–H and O–H groups in total. The minimum absolute atomic E-state index is 0.0438. The van der Waals surface area contributed by atoms with E-state index < -0.39 is 10.0 Å². The lowest BCUT2D eigenvalue weighted by molar-refractivity contribution is 0.0939. The number of hydrogen-bond donors (Lipinski definition) is 1. The third-order valence-corrected chi connectivity index (χ3v) is 5.72. The van der Waals surface area contributed by atoms with E-state index in [9.17, 15) is 13.2 Å². The Balaban J connectivity index is 1.87. The van der Waals surface area contributed by atoms with Crippen LogP contribution in [0.15, 0.2) is 24.3 Å². The van der Waals surface area contributed by atoms with Crippen LogP contribution in [0.2, 0.25) is 0 Å². The lowest BCUT2D eigenvalue weighted by atomic mass is 10.1. The second-order valence-corrected chi connectivity index (χ2v) is 8.40. The minimum atomic E-state index is -3.09. The van der Waals surface area contributed by atoms with Crippen molar-refractivity contribution in [3.05, 3.63) is 35.4 Å². The molecule has 1 fully saturated rings. The van der Waals surface area contributed by atoms with Crippen LogP contribution in [0.1, 0.15) is 36.2 Å². The number of nitrogens with one attached hydrogen (secondary N) is 1.